The molecule has 2 heterocycles. The summed E-state index contributed by atoms with van der Waals surface area (Å²) in [6.45, 7) is 4.29. The van der Waals surface area contributed by atoms with E-state index in [4.69, 9.17) is 4.74 Å². The van der Waals surface area contributed by atoms with Crippen LogP contribution in [0.1, 0.15) is 71.4 Å². The highest BCUT2D eigenvalue weighted by Gasteiger charge is 2.59. The zero-order valence-corrected chi connectivity index (χ0v) is 22.2. The average Bonchev–Trinajstić information content (AvgIpc) is 3.41. The number of imide groups is 2. The number of carbonyl (C=O) groups is 4. The van der Waals surface area contributed by atoms with Crippen LogP contribution in [-0.4, -0.2) is 46.2 Å². The minimum atomic E-state index is -1.12. The van der Waals surface area contributed by atoms with Gasteiger partial charge in [-0.25, -0.2) is 9.69 Å². The van der Waals surface area contributed by atoms with Crippen LogP contribution >= 0.6 is 0 Å². The van der Waals surface area contributed by atoms with Gasteiger partial charge in [-0.3, -0.25) is 19.3 Å². The lowest BCUT2D eigenvalue weighted by molar-refractivity contribution is -0.130. The molecular formula is C32H32N2O5. The fourth-order valence-corrected chi connectivity index (χ4v) is 5.85. The predicted octanol–water partition coefficient (Wildman–Crippen LogP) is 5.79. The Balaban J connectivity index is 1.27. The highest BCUT2D eigenvalue weighted by molar-refractivity contribution is 6.21. The van der Waals surface area contributed by atoms with Crippen LogP contribution in [0.3, 0.4) is 0 Å². The summed E-state index contributed by atoms with van der Waals surface area (Å²) >= 11 is 0. The van der Waals surface area contributed by atoms with Crippen molar-refractivity contribution in [2.45, 2.75) is 51.2 Å². The molecule has 1 saturated heterocycles. The summed E-state index contributed by atoms with van der Waals surface area (Å²) in [6, 6.07) is 25.5. The minimum absolute atomic E-state index is 0.0744. The quantitative estimate of drug-likeness (QED) is 0.261. The zero-order chi connectivity index (χ0) is 27.6. The standard InChI is InChI=1S/C32H32N2O5/c1-22(2)28-32(23-14-6-3-7-15-23,24-16-8-4-9-17-24)39-31(38)34(28)27(35)20-10-5-13-21-33-29(36)25-18-11-12-19-26(25)30(33)37/h3-4,6-9,11-12,14-19,22,28H,5,10,13,20-21H2,1-2H3/t28-/m1/s1. The smallest absolute Gasteiger partial charge is 0.418 e. The molecule has 0 spiro atoms. The van der Waals surface area contributed by atoms with Gasteiger partial charge in [-0.15, -0.1) is 0 Å². The first-order valence-electron chi connectivity index (χ1n) is 13.5. The van der Waals surface area contributed by atoms with Gasteiger partial charge in [0.1, 0.15) is 0 Å². The van der Waals surface area contributed by atoms with E-state index in [9.17, 15) is 19.2 Å². The predicted molar refractivity (Wildman–Crippen MR) is 146 cm³/mol. The zero-order valence-electron chi connectivity index (χ0n) is 22.2. The largest absolute Gasteiger partial charge is 0.430 e. The van der Waals surface area contributed by atoms with Crippen LogP contribution in [0.2, 0.25) is 0 Å². The Kier molecular flexibility index (Phi) is 7.33. The second-order valence-corrected chi connectivity index (χ2v) is 10.4. The van der Waals surface area contributed by atoms with E-state index < -0.39 is 17.7 Å². The molecule has 3 aromatic rings. The molecular weight excluding hydrogens is 492 g/mol. The van der Waals surface area contributed by atoms with Gasteiger partial charge in [-0.2, -0.15) is 0 Å². The summed E-state index contributed by atoms with van der Waals surface area (Å²) in [4.78, 5) is 54.6. The maximum Gasteiger partial charge on any atom is 0.418 e. The molecule has 0 unspecified atom stereocenters. The summed E-state index contributed by atoms with van der Waals surface area (Å²) in [6.07, 6.45) is 1.27. The molecule has 0 radical (unpaired) electrons. The van der Waals surface area contributed by atoms with Crippen LogP contribution in [0, 0.1) is 5.92 Å². The molecule has 3 aromatic carbocycles. The normalized spacial score (nSPS) is 18.0. The van der Waals surface area contributed by atoms with Crippen LogP contribution < -0.4 is 0 Å². The number of hydrogen-bond donors (Lipinski definition) is 0. The van der Waals surface area contributed by atoms with Crippen LogP contribution in [0.4, 0.5) is 4.79 Å². The first-order chi connectivity index (χ1) is 18.9. The third kappa shape index (κ3) is 4.62. The molecule has 7 nitrogen and oxygen atoms in total. The second-order valence-electron chi connectivity index (χ2n) is 10.4. The third-order valence-electron chi connectivity index (χ3n) is 7.60. The summed E-state index contributed by atoms with van der Waals surface area (Å²) < 4.78 is 6.16. The van der Waals surface area contributed by atoms with Gasteiger partial charge in [0.15, 0.2) is 5.60 Å². The first kappa shape index (κ1) is 26.4. The van der Waals surface area contributed by atoms with Crippen molar-refractivity contribution in [3.05, 3.63) is 107 Å². The fourth-order valence-electron chi connectivity index (χ4n) is 5.85. The van der Waals surface area contributed by atoms with Gasteiger partial charge < -0.3 is 4.74 Å². The van der Waals surface area contributed by atoms with E-state index in [1.54, 1.807) is 24.3 Å². The number of nitrogens with zero attached hydrogens (tertiary/aromatic N) is 2. The average molecular weight is 525 g/mol. The molecule has 2 aliphatic heterocycles. The highest BCUT2D eigenvalue weighted by Crippen LogP contribution is 2.47. The van der Waals surface area contributed by atoms with Crippen LogP contribution in [0.25, 0.3) is 0 Å². The summed E-state index contributed by atoms with van der Waals surface area (Å²) in [5.74, 6) is -0.906. The maximum absolute atomic E-state index is 13.5. The molecule has 0 aliphatic carbocycles. The number of hydrogen-bond acceptors (Lipinski definition) is 5. The molecule has 1 fully saturated rings. The summed E-state index contributed by atoms with van der Waals surface area (Å²) in [5.41, 5.74) is 1.39. The lowest BCUT2D eigenvalue weighted by atomic mass is 9.75. The molecule has 0 saturated carbocycles. The van der Waals surface area contributed by atoms with Gasteiger partial charge >= 0.3 is 6.09 Å². The molecule has 0 aromatic heterocycles. The van der Waals surface area contributed by atoms with E-state index in [1.807, 2.05) is 74.5 Å². The molecule has 0 bridgehead atoms. The van der Waals surface area contributed by atoms with Crippen molar-refractivity contribution in [3.8, 4) is 0 Å². The Morgan fingerprint density at radius 3 is 1.79 bits per heavy atom. The SMILES string of the molecule is CC(C)[C@H]1N(C(=O)CCCCCN2C(=O)c3ccccc3C2=O)C(=O)OC1(c1ccccc1)c1ccccc1. The van der Waals surface area contributed by atoms with Crippen LogP contribution in [0.15, 0.2) is 84.9 Å². The van der Waals surface area contributed by atoms with E-state index in [-0.39, 0.29) is 30.1 Å². The summed E-state index contributed by atoms with van der Waals surface area (Å²) in [5, 5.41) is 0. The van der Waals surface area contributed by atoms with Gasteiger partial charge in [0.25, 0.3) is 11.8 Å². The van der Waals surface area contributed by atoms with Crippen LogP contribution in [-0.2, 0) is 15.1 Å². The molecule has 5 rings (SSSR count). The minimum Gasteiger partial charge on any atom is -0.430 e. The molecule has 200 valence electrons. The van der Waals surface area contributed by atoms with E-state index in [0.29, 0.717) is 36.9 Å². The Labute approximate surface area is 228 Å². The van der Waals surface area contributed by atoms with Crippen molar-refractivity contribution in [1.82, 2.24) is 9.80 Å². The van der Waals surface area contributed by atoms with Gasteiger partial charge in [0.2, 0.25) is 5.91 Å². The Morgan fingerprint density at radius 1 is 0.769 bits per heavy atom. The molecule has 7 heteroatoms. The monoisotopic (exact) mass is 524 g/mol. The van der Waals surface area contributed by atoms with Gasteiger partial charge in [0, 0.05) is 24.1 Å². The first-order valence-corrected chi connectivity index (χ1v) is 13.5. The van der Waals surface area contributed by atoms with Crippen molar-refractivity contribution < 1.29 is 23.9 Å². The number of benzene rings is 3. The Hall–Kier alpha value is -4.26. The molecule has 0 N–H and O–H groups in total. The molecule has 4 amide bonds. The van der Waals surface area contributed by atoms with E-state index in [0.717, 1.165) is 11.1 Å². The Morgan fingerprint density at radius 2 is 1.28 bits per heavy atom. The molecule has 2 aliphatic rings. The maximum atomic E-state index is 13.5. The van der Waals surface area contributed by atoms with E-state index in [2.05, 4.69) is 0 Å². The van der Waals surface area contributed by atoms with Crippen molar-refractivity contribution >= 4 is 23.8 Å². The van der Waals surface area contributed by atoms with E-state index >= 15 is 0 Å². The molecule has 39 heavy (non-hydrogen) atoms. The van der Waals surface area contributed by atoms with Crippen molar-refractivity contribution in [1.29, 1.82) is 0 Å². The number of ether oxygens (including phenoxy) is 1. The summed E-state index contributed by atoms with van der Waals surface area (Å²) in [7, 11) is 0. The van der Waals surface area contributed by atoms with Gasteiger partial charge in [0.05, 0.1) is 17.2 Å². The number of amides is 4. The lowest BCUT2D eigenvalue weighted by Gasteiger charge is -2.37. The third-order valence-corrected chi connectivity index (χ3v) is 7.60. The second kappa shape index (κ2) is 10.8. The van der Waals surface area contributed by atoms with Gasteiger partial charge in [-0.05, 0) is 30.9 Å². The van der Waals surface area contributed by atoms with Crippen LogP contribution in [0.5, 0.6) is 0 Å². The number of carbonyl (C=O) groups excluding carboxylic acids is 4. The molecule has 1 atom stereocenters. The highest BCUT2D eigenvalue weighted by atomic mass is 16.6. The fraction of sp³-hybridized carbons (Fsp3) is 0.312. The van der Waals surface area contributed by atoms with Crippen molar-refractivity contribution in [2.24, 2.45) is 5.92 Å². The van der Waals surface area contributed by atoms with Crippen molar-refractivity contribution in [2.75, 3.05) is 6.54 Å². The number of rotatable bonds is 9. The topological polar surface area (TPSA) is 84.0 Å². The Bertz CT molecular complexity index is 1310. The lowest BCUT2D eigenvalue weighted by Crippen LogP contribution is -2.49. The van der Waals surface area contributed by atoms with E-state index in [1.165, 1.54) is 9.80 Å². The number of cyclic esters (lactones) is 1. The number of unbranched alkanes of at least 4 members (excludes halogenated alkanes) is 2. The van der Waals surface area contributed by atoms with Crippen molar-refractivity contribution in [3.63, 3.8) is 0 Å². The van der Waals surface area contributed by atoms with Gasteiger partial charge in [-0.1, -0.05) is 93.1 Å². The number of fused-ring (bicyclic) bond motifs is 1.